The largest absolute Gasteiger partial charge is 0.325 e. The molecule has 1 aromatic carbocycles. The number of anilines is 1. The third kappa shape index (κ3) is 2.93. The molecule has 4 heteroatoms. The summed E-state index contributed by atoms with van der Waals surface area (Å²) < 4.78 is 1.03. The summed E-state index contributed by atoms with van der Waals surface area (Å²) in [4.78, 5) is 12.4. The molecule has 1 fully saturated rings. The van der Waals surface area contributed by atoms with E-state index in [2.05, 4.69) is 26.6 Å². The Hall–Kier alpha value is -0.870. The molecule has 1 amide bonds. The number of hydrogen-bond donors (Lipinski definition) is 2. The lowest BCUT2D eigenvalue weighted by molar-refractivity contribution is -0.125. The van der Waals surface area contributed by atoms with Gasteiger partial charge in [-0.1, -0.05) is 15.9 Å². The molecule has 98 valence electrons. The maximum absolute atomic E-state index is 12.4. The normalized spacial score (nSPS) is 23.7. The first-order valence-electron chi connectivity index (χ1n) is 6.30. The average Bonchev–Trinajstić information content (AvgIpc) is 2.33. The van der Waals surface area contributed by atoms with Crippen LogP contribution in [0.4, 0.5) is 5.69 Å². The smallest absolute Gasteiger partial charge is 0.231 e. The molecular formula is C14H19BrN2O. The third-order valence-corrected chi connectivity index (χ3v) is 4.08. The van der Waals surface area contributed by atoms with E-state index in [0.717, 1.165) is 41.7 Å². The van der Waals surface area contributed by atoms with Crippen LogP contribution in [0.3, 0.4) is 0 Å². The van der Waals surface area contributed by atoms with Crippen molar-refractivity contribution >= 4 is 27.5 Å². The van der Waals surface area contributed by atoms with E-state index in [1.54, 1.807) is 0 Å². The van der Waals surface area contributed by atoms with Gasteiger partial charge in [0.05, 0.1) is 5.41 Å². The highest BCUT2D eigenvalue weighted by Crippen LogP contribution is 2.28. The van der Waals surface area contributed by atoms with Gasteiger partial charge in [-0.05, 0) is 57.0 Å². The van der Waals surface area contributed by atoms with Crippen molar-refractivity contribution in [3.8, 4) is 0 Å². The lowest BCUT2D eigenvalue weighted by atomic mass is 9.82. The quantitative estimate of drug-likeness (QED) is 0.881. The van der Waals surface area contributed by atoms with Gasteiger partial charge >= 0.3 is 0 Å². The molecule has 3 nitrogen and oxygen atoms in total. The first-order valence-corrected chi connectivity index (χ1v) is 7.09. The Bertz CT molecular complexity index is 453. The van der Waals surface area contributed by atoms with Crippen molar-refractivity contribution in [2.24, 2.45) is 5.41 Å². The van der Waals surface area contributed by atoms with Crippen LogP contribution < -0.4 is 10.6 Å². The van der Waals surface area contributed by atoms with Crippen molar-refractivity contribution in [3.05, 3.63) is 28.2 Å². The molecule has 0 spiro atoms. The molecular weight excluding hydrogens is 292 g/mol. The van der Waals surface area contributed by atoms with E-state index in [9.17, 15) is 4.79 Å². The van der Waals surface area contributed by atoms with E-state index >= 15 is 0 Å². The van der Waals surface area contributed by atoms with Gasteiger partial charge in [0, 0.05) is 16.7 Å². The summed E-state index contributed by atoms with van der Waals surface area (Å²) in [5, 5.41) is 6.35. The molecule has 1 heterocycles. The van der Waals surface area contributed by atoms with Crippen LogP contribution in [0.2, 0.25) is 0 Å². The molecule has 0 saturated carbocycles. The summed E-state index contributed by atoms with van der Waals surface area (Å²) in [6.45, 7) is 5.80. The van der Waals surface area contributed by atoms with Crippen LogP contribution in [0.25, 0.3) is 0 Å². The predicted molar refractivity (Wildman–Crippen MR) is 77.7 cm³/mol. The highest BCUT2D eigenvalue weighted by molar-refractivity contribution is 9.10. The third-order valence-electron chi connectivity index (χ3n) is 3.58. The van der Waals surface area contributed by atoms with Gasteiger partial charge in [0.25, 0.3) is 0 Å². The Morgan fingerprint density at radius 2 is 2.28 bits per heavy atom. The lowest BCUT2D eigenvalue weighted by Crippen LogP contribution is -2.46. The number of piperidine rings is 1. The van der Waals surface area contributed by atoms with Gasteiger partial charge in [0.1, 0.15) is 0 Å². The van der Waals surface area contributed by atoms with E-state index < -0.39 is 0 Å². The maximum atomic E-state index is 12.4. The number of carbonyl (C=O) groups excluding carboxylic acids is 1. The number of rotatable bonds is 2. The van der Waals surface area contributed by atoms with Gasteiger partial charge in [0.15, 0.2) is 0 Å². The summed E-state index contributed by atoms with van der Waals surface area (Å²) in [5.74, 6) is 0.111. The Morgan fingerprint density at radius 3 is 2.89 bits per heavy atom. The van der Waals surface area contributed by atoms with E-state index in [1.807, 2.05) is 32.0 Å². The molecule has 2 rings (SSSR count). The number of benzene rings is 1. The van der Waals surface area contributed by atoms with Crippen LogP contribution in [0, 0.1) is 12.3 Å². The molecule has 1 unspecified atom stereocenters. The first-order chi connectivity index (χ1) is 8.51. The lowest BCUT2D eigenvalue weighted by Gasteiger charge is -2.32. The van der Waals surface area contributed by atoms with Gasteiger partial charge in [-0.3, -0.25) is 4.79 Å². The highest BCUT2D eigenvalue weighted by atomic mass is 79.9. The van der Waals surface area contributed by atoms with Crippen LogP contribution >= 0.6 is 15.9 Å². The maximum Gasteiger partial charge on any atom is 0.231 e. The van der Waals surface area contributed by atoms with Crippen LogP contribution in [0.5, 0.6) is 0 Å². The first kappa shape index (κ1) is 13.6. The molecule has 0 aromatic heterocycles. The second-order valence-corrected chi connectivity index (χ2v) is 6.17. The van der Waals surface area contributed by atoms with Crippen molar-refractivity contribution in [2.75, 3.05) is 18.4 Å². The van der Waals surface area contributed by atoms with Crippen molar-refractivity contribution in [2.45, 2.75) is 26.7 Å². The molecule has 0 bridgehead atoms. The second-order valence-electron chi connectivity index (χ2n) is 5.25. The van der Waals surface area contributed by atoms with Gasteiger partial charge in [0.2, 0.25) is 5.91 Å². The zero-order chi connectivity index (χ0) is 13.2. The zero-order valence-corrected chi connectivity index (χ0v) is 12.4. The molecule has 0 radical (unpaired) electrons. The topological polar surface area (TPSA) is 41.1 Å². The fourth-order valence-electron chi connectivity index (χ4n) is 2.29. The minimum atomic E-state index is -0.294. The molecule has 1 saturated heterocycles. The number of halogens is 1. The van der Waals surface area contributed by atoms with E-state index in [1.165, 1.54) is 0 Å². The van der Waals surface area contributed by atoms with Gasteiger partial charge < -0.3 is 10.6 Å². The number of nitrogens with one attached hydrogen (secondary N) is 2. The Morgan fingerprint density at radius 1 is 1.50 bits per heavy atom. The summed E-state index contributed by atoms with van der Waals surface area (Å²) in [7, 11) is 0. The monoisotopic (exact) mass is 310 g/mol. The number of hydrogen-bond acceptors (Lipinski definition) is 2. The molecule has 2 N–H and O–H groups in total. The molecule has 18 heavy (non-hydrogen) atoms. The van der Waals surface area contributed by atoms with Gasteiger partial charge in [-0.25, -0.2) is 0 Å². The molecule has 1 atom stereocenters. The van der Waals surface area contributed by atoms with Crippen molar-refractivity contribution in [1.82, 2.24) is 5.32 Å². The van der Waals surface area contributed by atoms with Crippen LogP contribution in [0.15, 0.2) is 22.7 Å². The fraction of sp³-hybridized carbons (Fsp3) is 0.500. The predicted octanol–water partition coefficient (Wildman–Crippen LogP) is 3.09. The summed E-state index contributed by atoms with van der Waals surface area (Å²) in [5.41, 5.74) is 1.68. The SMILES string of the molecule is Cc1cc(Br)ccc1NC(=O)C1(C)CCCNC1. The Kier molecular flexibility index (Phi) is 4.07. The van der Waals surface area contributed by atoms with E-state index in [0.29, 0.717) is 0 Å². The summed E-state index contributed by atoms with van der Waals surface area (Å²) >= 11 is 3.43. The fourth-order valence-corrected chi connectivity index (χ4v) is 2.77. The van der Waals surface area contributed by atoms with Gasteiger partial charge in [-0.15, -0.1) is 0 Å². The highest BCUT2D eigenvalue weighted by Gasteiger charge is 2.34. The van der Waals surface area contributed by atoms with Gasteiger partial charge in [-0.2, -0.15) is 0 Å². The number of amides is 1. The number of carbonyl (C=O) groups is 1. The molecule has 0 aliphatic carbocycles. The second kappa shape index (κ2) is 5.41. The van der Waals surface area contributed by atoms with Crippen molar-refractivity contribution in [3.63, 3.8) is 0 Å². The van der Waals surface area contributed by atoms with Crippen molar-refractivity contribution in [1.29, 1.82) is 0 Å². The standard InChI is InChI=1S/C14H19BrN2O/c1-10-8-11(15)4-5-12(10)17-13(18)14(2)6-3-7-16-9-14/h4-5,8,16H,3,6-7,9H2,1-2H3,(H,17,18). The van der Waals surface area contributed by atoms with Crippen molar-refractivity contribution < 1.29 is 4.79 Å². The minimum absolute atomic E-state index is 0.111. The van der Waals surface area contributed by atoms with Crippen LogP contribution in [-0.2, 0) is 4.79 Å². The summed E-state index contributed by atoms with van der Waals surface area (Å²) in [6.07, 6.45) is 2.00. The molecule has 1 aromatic rings. The van der Waals surface area contributed by atoms with Crippen LogP contribution in [0.1, 0.15) is 25.3 Å². The zero-order valence-electron chi connectivity index (χ0n) is 10.8. The van der Waals surface area contributed by atoms with E-state index in [4.69, 9.17) is 0 Å². The molecule has 1 aliphatic rings. The Labute approximate surface area is 116 Å². The van der Waals surface area contributed by atoms with E-state index in [-0.39, 0.29) is 11.3 Å². The average molecular weight is 311 g/mol. The van der Waals surface area contributed by atoms with Crippen LogP contribution in [-0.4, -0.2) is 19.0 Å². The minimum Gasteiger partial charge on any atom is -0.325 e. The Balaban J connectivity index is 2.11. The number of aryl methyl sites for hydroxylation is 1. The summed E-state index contributed by atoms with van der Waals surface area (Å²) in [6, 6.07) is 5.90. The molecule has 1 aliphatic heterocycles.